The van der Waals surface area contributed by atoms with Gasteiger partial charge in [0.05, 0.1) is 30.9 Å². The highest BCUT2D eigenvalue weighted by Crippen LogP contribution is 2.26. The predicted octanol–water partition coefficient (Wildman–Crippen LogP) is 2.38. The van der Waals surface area contributed by atoms with Crippen molar-refractivity contribution >= 4 is 22.0 Å². The van der Waals surface area contributed by atoms with E-state index in [0.717, 1.165) is 18.4 Å². The van der Waals surface area contributed by atoms with Crippen molar-refractivity contribution < 1.29 is 27.1 Å². The van der Waals surface area contributed by atoms with Gasteiger partial charge in [0.15, 0.2) is 6.29 Å². The molecule has 0 radical (unpaired) electrons. The number of likely N-dealkylation sites (tertiary alicyclic amines) is 1. The zero-order chi connectivity index (χ0) is 21.7. The summed E-state index contributed by atoms with van der Waals surface area (Å²) < 4.78 is 43.5. The molecule has 2 aliphatic rings. The van der Waals surface area contributed by atoms with Crippen LogP contribution in [0.25, 0.3) is 6.08 Å². The second kappa shape index (κ2) is 9.78. The van der Waals surface area contributed by atoms with Crippen LogP contribution in [0.2, 0.25) is 0 Å². The van der Waals surface area contributed by atoms with Crippen LogP contribution in [0.1, 0.15) is 24.2 Å². The highest BCUT2D eigenvalue weighted by Gasteiger charge is 2.31. The number of piperidine rings is 1. The van der Waals surface area contributed by atoms with Crippen molar-refractivity contribution in [3.8, 4) is 0 Å². The molecule has 3 heterocycles. The van der Waals surface area contributed by atoms with Crippen LogP contribution < -0.4 is 4.72 Å². The maximum Gasteiger partial charge on any atom is 0.246 e. The van der Waals surface area contributed by atoms with Crippen molar-refractivity contribution in [1.29, 1.82) is 0 Å². The summed E-state index contributed by atoms with van der Waals surface area (Å²) in [5.74, 6) is 0.823. The molecule has 0 saturated carbocycles. The molecule has 1 aromatic heterocycles. The van der Waals surface area contributed by atoms with Gasteiger partial charge < -0.3 is 18.8 Å². The van der Waals surface area contributed by atoms with Gasteiger partial charge in [-0.2, -0.15) is 0 Å². The number of nitrogens with zero attached hydrogens (tertiary/aromatic N) is 1. The molecule has 0 aliphatic carbocycles. The Hall–Kier alpha value is -2.46. The van der Waals surface area contributed by atoms with E-state index in [1.165, 1.54) is 24.5 Å². The van der Waals surface area contributed by atoms with Gasteiger partial charge in [0.1, 0.15) is 5.76 Å². The van der Waals surface area contributed by atoms with Gasteiger partial charge in [-0.25, -0.2) is 13.1 Å². The molecule has 2 saturated heterocycles. The number of hydrogen-bond donors (Lipinski definition) is 1. The highest BCUT2D eigenvalue weighted by molar-refractivity contribution is 7.89. The molecule has 1 aromatic carbocycles. The van der Waals surface area contributed by atoms with Crippen LogP contribution in [0.15, 0.2) is 58.1 Å². The fourth-order valence-corrected chi connectivity index (χ4v) is 4.73. The SMILES string of the molecule is O=C(/C=C/c1ccc(S(=O)(=O)NCc2ccco2)cc1)N1CCC(C2OCCO2)CC1. The van der Waals surface area contributed by atoms with Crippen molar-refractivity contribution in [3.05, 3.63) is 60.1 Å². The minimum Gasteiger partial charge on any atom is -0.468 e. The Morgan fingerprint density at radius 2 is 1.81 bits per heavy atom. The van der Waals surface area contributed by atoms with Crippen molar-refractivity contribution in [2.45, 2.75) is 30.6 Å². The van der Waals surface area contributed by atoms with E-state index < -0.39 is 10.0 Å². The molecule has 9 heteroatoms. The molecule has 2 aliphatic heterocycles. The van der Waals surface area contributed by atoms with Crippen molar-refractivity contribution in [3.63, 3.8) is 0 Å². The topological polar surface area (TPSA) is 98.1 Å². The standard InChI is InChI=1S/C22H26N2O6S/c25-21(24-11-9-18(10-12-24)22-29-14-15-30-22)8-5-17-3-6-20(7-4-17)31(26,27)23-16-19-2-1-13-28-19/h1-8,13,18,22-23H,9-12,14-16H2/b8-5+. The summed E-state index contributed by atoms with van der Waals surface area (Å²) in [6, 6.07) is 9.78. The lowest BCUT2D eigenvalue weighted by atomic mass is 9.96. The first-order chi connectivity index (χ1) is 15.0. The lowest BCUT2D eigenvalue weighted by Gasteiger charge is -2.33. The molecule has 1 amide bonds. The van der Waals surface area contributed by atoms with Gasteiger partial charge in [-0.05, 0) is 48.7 Å². The number of amides is 1. The van der Waals surface area contributed by atoms with Gasteiger partial charge in [-0.3, -0.25) is 4.79 Å². The van der Waals surface area contributed by atoms with Crippen molar-refractivity contribution in [1.82, 2.24) is 9.62 Å². The average Bonchev–Trinajstić information content (AvgIpc) is 3.51. The average molecular weight is 447 g/mol. The Labute approximate surface area is 181 Å². The third kappa shape index (κ3) is 5.62. The second-order valence-corrected chi connectivity index (χ2v) is 9.35. The minimum atomic E-state index is -3.64. The number of benzene rings is 1. The van der Waals surface area contributed by atoms with Crippen molar-refractivity contribution in [2.24, 2.45) is 5.92 Å². The number of carbonyl (C=O) groups is 1. The number of sulfonamides is 1. The molecule has 2 fully saturated rings. The monoisotopic (exact) mass is 446 g/mol. The molecule has 1 N–H and O–H groups in total. The van der Waals surface area contributed by atoms with Crippen LogP contribution in [-0.2, 0) is 30.8 Å². The molecule has 31 heavy (non-hydrogen) atoms. The van der Waals surface area contributed by atoms with Gasteiger partial charge in [0.25, 0.3) is 0 Å². The van der Waals surface area contributed by atoms with Crippen LogP contribution in [0.3, 0.4) is 0 Å². The molecule has 0 bridgehead atoms. The highest BCUT2D eigenvalue weighted by atomic mass is 32.2. The third-order valence-electron chi connectivity index (χ3n) is 5.51. The van der Waals surface area contributed by atoms with Crippen LogP contribution >= 0.6 is 0 Å². The summed E-state index contributed by atoms with van der Waals surface area (Å²) in [4.78, 5) is 14.5. The third-order valence-corrected chi connectivity index (χ3v) is 6.93. The molecule has 0 atom stereocenters. The summed E-state index contributed by atoms with van der Waals surface area (Å²) in [5.41, 5.74) is 0.751. The molecule has 166 valence electrons. The summed E-state index contributed by atoms with van der Waals surface area (Å²) >= 11 is 0. The van der Waals surface area contributed by atoms with Crippen LogP contribution in [0.5, 0.6) is 0 Å². The normalized spacial score (nSPS) is 18.8. The molecule has 0 spiro atoms. The Balaban J connectivity index is 1.28. The van der Waals surface area contributed by atoms with E-state index in [4.69, 9.17) is 13.9 Å². The first-order valence-corrected chi connectivity index (χ1v) is 11.8. The van der Waals surface area contributed by atoms with E-state index in [1.807, 2.05) is 4.90 Å². The van der Waals surface area contributed by atoms with Gasteiger partial charge in [-0.1, -0.05) is 12.1 Å². The zero-order valence-corrected chi connectivity index (χ0v) is 17.9. The van der Waals surface area contributed by atoms with Gasteiger partial charge >= 0.3 is 0 Å². The number of furan rings is 1. The Morgan fingerprint density at radius 3 is 2.45 bits per heavy atom. The number of ether oxygens (including phenoxy) is 2. The minimum absolute atomic E-state index is 0.0523. The van der Waals surface area contributed by atoms with E-state index in [9.17, 15) is 13.2 Å². The fraction of sp³-hybridized carbons (Fsp3) is 0.409. The number of hydrogen-bond acceptors (Lipinski definition) is 6. The van der Waals surface area contributed by atoms with Crippen LogP contribution in [-0.4, -0.2) is 51.8 Å². The smallest absolute Gasteiger partial charge is 0.246 e. The van der Waals surface area contributed by atoms with Gasteiger partial charge in [0, 0.05) is 25.1 Å². The molecular weight excluding hydrogens is 420 g/mol. The van der Waals surface area contributed by atoms with E-state index in [0.29, 0.717) is 38.0 Å². The summed E-state index contributed by atoms with van der Waals surface area (Å²) in [6.45, 7) is 2.73. The van der Waals surface area contributed by atoms with E-state index in [-0.39, 0.29) is 23.6 Å². The lowest BCUT2D eigenvalue weighted by Crippen LogP contribution is -2.40. The Bertz CT molecular complexity index is 987. The molecule has 8 nitrogen and oxygen atoms in total. The van der Waals surface area contributed by atoms with Crippen LogP contribution in [0, 0.1) is 5.92 Å². The molecule has 2 aromatic rings. The fourth-order valence-electron chi connectivity index (χ4n) is 3.73. The largest absolute Gasteiger partial charge is 0.468 e. The summed E-state index contributed by atoms with van der Waals surface area (Å²) in [7, 11) is -3.64. The number of carbonyl (C=O) groups excluding carboxylic acids is 1. The first kappa shape index (κ1) is 21.8. The summed E-state index contributed by atoms with van der Waals surface area (Å²) in [6.07, 6.45) is 6.32. The first-order valence-electron chi connectivity index (χ1n) is 10.3. The zero-order valence-electron chi connectivity index (χ0n) is 17.1. The van der Waals surface area contributed by atoms with E-state index >= 15 is 0 Å². The molecular formula is C22H26N2O6S. The Morgan fingerprint density at radius 1 is 1.10 bits per heavy atom. The van der Waals surface area contributed by atoms with E-state index in [1.54, 1.807) is 30.3 Å². The molecule has 4 rings (SSSR count). The molecule has 0 unspecified atom stereocenters. The quantitative estimate of drug-likeness (QED) is 0.656. The van der Waals surface area contributed by atoms with Crippen LogP contribution in [0.4, 0.5) is 0 Å². The predicted molar refractivity (Wildman–Crippen MR) is 113 cm³/mol. The second-order valence-electron chi connectivity index (χ2n) is 7.58. The maximum atomic E-state index is 12.5. The number of nitrogens with one attached hydrogen (secondary N) is 1. The van der Waals surface area contributed by atoms with Gasteiger partial charge in [0.2, 0.25) is 15.9 Å². The lowest BCUT2D eigenvalue weighted by molar-refractivity contribution is -0.131. The van der Waals surface area contributed by atoms with E-state index in [2.05, 4.69) is 4.72 Å². The Kier molecular flexibility index (Phi) is 6.86. The summed E-state index contributed by atoms with van der Waals surface area (Å²) in [5, 5.41) is 0. The number of rotatable bonds is 7. The van der Waals surface area contributed by atoms with Crippen molar-refractivity contribution in [2.75, 3.05) is 26.3 Å². The maximum absolute atomic E-state index is 12.5. The van der Waals surface area contributed by atoms with Gasteiger partial charge in [-0.15, -0.1) is 0 Å².